The van der Waals surface area contributed by atoms with Crippen molar-refractivity contribution in [1.82, 2.24) is 5.32 Å². The highest BCUT2D eigenvalue weighted by atomic mass is 16.5. The van der Waals surface area contributed by atoms with Crippen LogP contribution in [0, 0.1) is 0 Å². The zero-order chi connectivity index (χ0) is 15.6. The van der Waals surface area contributed by atoms with Crippen LogP contribution in [-0.4, -0.2) is 26.2 Å². The lowest BCUT2D eigenvalue weighted by atomic mass is 9.89. The van der Waals surface area contributed by atoms with Crippen LogP contribution in [0.15, 0.2) is 35.5 Å². The Bertz CT molecular complexity index is 608. The number of hydrogen-bond donors (Lipinski definition) is 3. The Morgan fingerprint density at radius 1 is 1.36 bits per heavy atom. The van der Waals surface area contributed by atoms with E-state index in [1.807, 2.05) is 12.1 Å². The van der Waals surface area contributed by atoms with Gasteiger partial charge in [-0.3, -0.25) is 5.73 Å². The molecule has 3 rings (SSSR count). The van der Waals surface area contributed by atoms with E-state index in [9.17, 15) is 0 Å². The molecule has 0 aliphatic carbocycles. The lowest BCUT2D eigenvalue weighted by Crippen LogP contribution is -2.49. The highest BCUT2D eigenvalue weighted by Gasteiger charge is 2.29. The number of aliphatic imine (C=N–C) groups is 1. The standard InChI is InChI=1S/C16H22N4O2/c1-21-14-10-12(16(18)19-7-4-15(17)20-16)2-3-13(14)11-5-8-22-9-6-11/h2-4,7,10-11,19H,5-6,8-9,18H2,1H3,(H2,17,20). The van der Waals surface area contributed by atoms with Crippen molar-refractivity contribution in [2.75, 3.05) is 20.3 Å². The minimum absolute atomic E-state index is 0.397. The van der Waals surface area contributed by atoms with E-state index in [-0.39, 0.29) is 0 Å². The number of ether oxygens (including phenoxy) is 2. The normalized spacial score (nSPS) is 25.5. The minimum Gasteiger partial charge on any atom is -0.496 e. The van der Waals surface area contributed by atoms with Gasteiger partial charge in [0.2, 0.25) is 5.79 Å². The number of methoxy groups -OCH3 is 1. The Labute approximate surface area is 130 Å². The largest absolute Gasteiger partial charge is 0.496 e. The maximum atomic E-state index is 6.32. The lowest BCUT2D eigenvalue weighted by molar-refractivity contribution is 0.0848. The molecule has 1 aromatic carbocycles. The van der Waals surface area contributed by atoms with E-state index in [4.69, 9.17) is 20.9 Å². The topological polar surface area (TPSA) is 94.9 Å². The molecule has 1 atom stereocenters. The van der Waals surface area contributed by atoms with E-state index < -0.39 is 5.79 Å². The summed E-state index contributed by atoms with van der Waals surface area (Å²) in [5, 5.41) is 3.05. The third kappa shape index (κ3) is 2.80. The van der Waals surface area contributed by atoms with E-state index in [0.29, 0.717) is 11.8 Å². The second-order valence-electron chi connectivity index (χ2n) is 5.62. The van der Waals surface area contributed by atoms with Crippen molar-refractivity contribution < 1.29 is 9.47 Å². The van der Waals surface area contributed by atoms with Crippen molar-refractivity contribution in [2.24, 2.45) is 16.5 Å². The minimum atomic E-state index is -1.06. The lowest BCUT2D eigenvalue weighted by Gasteiger charge is -2.30. The summed E-state index contributed by atoms with van der Waals surface area (Å²) < 4.78 is 11.0. The Morgan fingerprint density at radius 2 is 2.14 bits per heavy atom. The second-order valence-corrected chi connectivity index (χ2v) is 5.62. The first kappa shape index (κ1) is 14.9. The molecule has 0 spiro atoms. The number of benzene rings is 1. The summed E-state index contributed by atoms with van der Waals surface area (Å²) in [6, 6.07) is 5.99. The fraction of sp³-hybridized carbons (Fsp3) is 0.438. The Balaban J connectivity index is 1.93. The van der Waals surface area contributed by atoms with Gasteiger partial charge in [0.15, 0.2) is 0 Å². The summed E-state index contributed by atoms with van der Waals surface area (Å²) in [4.78, 5) is 4.30. The molecule has 2 aliphatic heterocycles. The van der Waals surface area contributed by atoms with Crippen LogP contribution in [0.1, 0.15) is 29.9 Å². The van der Waals surface area contributed by atoms with Gasteiger partial charge in [-0.2, -0.15) is 0 Å². The van der Waals surface area contributed by atoms with Crippen LogP contribution in [-0.2, 0) is 10.5 Å². The average molecular weight is 302 g/mol. The number of nitrogens with one attached hydrogen (secondary N) is 1. The molecule has 1 saturated heterocycles. The maximum absolute atomic E-state index is 6.32. The summed E-state index contributed by atoms with van der Waals surface area (Å²) in [6.07, 6.45) is 5.41. The quantitative estimate of drug-likeness (QED) is 0.778. The number of nitrogens with two attached hydrogens (primary N) is 2. The predicted octanol–water partition coefficient (Wildman–Crippen LogP) is 1.13. The predicted molar refractivity (Wildman–Crippen MR) is 85.6 cm³/mol. The summed E-state index contributed by atoms with van der Waals surface area (Å²) >= 11 is 0. The number of hydrogen-bond acceptors (Lipinski definition) is 6. The number of rotatable bonds is 3. The molecule has 6 nitrogen and oxygen atoms in total. The molecule has 0 saturated carbocycles. The molecule has 2 heterocycles. The summed E-state index contributed by atoms with van der Waals surface area (Å²) in [5.74, 6) is 0.632. The van der Waals surface area contributed by atoms with Crippen molar-refractivity contribution in [3.63, 3.8) is 0 Å². The van der Waals surface area contributed by atoms with E-state index in [2.05, 4.69) is 16.4 Å². The third-order valence-corrected chi connectivity index (χ3v) is 4.20. The van der Waals surface area contributed by atoms with E-state index >= 15 is 0 Å². The van der Waals surface area contributed by atoms with E-state index in [1.54, 1.807) is 19.4 Å². The highest BCUT2D eigenvalue weighted by molar-refractivity contribution is 5.92. The van der Waals surface area contributed by atoms with Gasteiger partial charge >= 0.3 is 0 Å². The Hall–Kier alpha value is -2.05. The first-order valence-corrected chi connectivity index (χ1v) is 7.47. The fourth-order valence-electron chi connectivity index (χ4n) is 2.97. The third-order valence-electron chi connectivity index (χ3n) is 4.20. The maximum Gasteiger partial charge on any atom is 0.211 e. The van der Waals surface area contributed by atoms with Crippen LogP contribution in [0.25, 0.3) is 0 Å². The molecule has 1 aromatic rings. The first-order chi connectivity index (χ1) is 10.6. The van der Waals surface area contributed by atoms with Crippen molar-refractivity contribution in [3.8, 4) is 5.75 Å². The molecule has 0 bridgehead atoms. The van der Waals surface area contributed by atoms with Crippen molar-refractivity contribution >= 4 is 5.84 Å². The molecule has 2 aliphatic rings. The van der Waals surface area contributed by atoms with Crippen LogP contribution in [0.5, 0.6) is 5.75 Å². The molecule has 5 N–H and O–H groups in total. The van der Waals surface area contributed by atoms with Crippen LogP contribution < -0.4 is 21.5 Å². The Morgan fingerprint density at radius 3 is 2.82 bits per heavy atom. The zero-order valence-electron chi connectivity index (χ0n) is 12.7. The van der Waals surface area contributed by atoms with Gasteiger partial charge in [-0.15, -0.1) is 0 Å². The van der Waals surface area contributed by atoms with Gasteiger partial charge in [-0.05, 0) is 36.5 Å². The van der Waals surface area contributed by atoms with Crippen LogP contribution >= 0.6 is 0 Å². The highest BCUT2D eigenvalue weighted by Crippen LogP contribution is 2.35. The van der Waals surface area contributed by atoms with Crippen LogP contribution in [0.3, 0.4) is 0 Å². The molecule has 0 radical (unpaired) electrons. The monoisotopic (exact) mass is 302 g/mol. The van der Waals surface area contributed by atoms with Gasteiger partial charge in [0.25, 0.3) is 0 Å². The van der Waals surface area contributed by atoms with E-state index in [1.165, 1.54) is 5.56 Å². The van der Waals surface area contributed by atoms with E-state index in [0.717, 1.165) is 37.4 Å². The van der Waals surface area contributed by atoms with Crippen LogP contribution in [0.2, 0.25) is 0 Å². The summed E-state index contributed by atoms with van der Waals surface area (Å²) in [6.45, 7) is 1.59. The van der Waals surface area contributed by atoms with Gasteiger partial charge in [-0.1, -0.05) is 12.1 Å². The fourth-order valence-corrected chi connectivity index (χ4v) is 2.97. The van der Waals surface area contributed by atoms with Crippen molar-refractivity contribution in [2.45, 2.75) is 24.5 Å². The molecule has 22 heavy (non-hydrogen) atoms. The molecule has 1 unspecified atom stereocenters. The summed E-state index contributed by atoms with van der Waals surface area (Å²) in [5.41, 5.74) is 14.1. The zero-order valence-corrected chi connectivity index (χ0v) is 12.7. The number of nitrogens with zero attached hydrogens (tertiary/aromatic N) is 1. The molecule has 6 heteroatoms. The molecular formula is C16H22N4O2. The molecular weight excluding hydrogens is 280 g/mol. The SMILES string of the molecule is COc1cc(C2(N)N=C(N)C=CN2)ccc1C1CCOCC1. The van der Waals surface area contributed by atoms with Crippen LogP contribution in [0.4, 0.5) is 0 Å². The van der Waals surface area contributed by atoms with Gasteiger partial charge in [0.05, 0.1) is 7.11 Å². The van der Waals surface area contributed by atoms with Gasteiger partial charge in [-0.25, -0.2) is 4.99 Å². The van der Waals surface area contributed by atoms with Crippen molar-refractivity contribution in [3.05, 3.63) is 41.6 Å². The number of amidine groups is 1. The molecule has 1 fully saturated rings. The van der Waals surface area contributed by atoms with Crippen molar-refractivity contribution in [1.29, 1.82) is 0 Å². The second kappa shape index (κ2) is 5.98. The van der Waals surface area contributed by atoms with Gasteiger partial charge in [0, 0.05) is 25.0 Å². The molecule has 118 valence electrons. The van der Waals surface area contributed by atoms with Gasteiger partial charge in [0.1, 0.15) is 11.6 Å². The average Bonchev–Trinajstić information content (AvgIpc) is 2.55. The van der Waals surface area contributed by atoms with Gasteiger partial charge < -0.3 is 20.5 Å². The first-order valence-electron chi connectivity index (χ1n) is 7.47. The Kier molecular flexibility index (Phi) is 4.04. The smallest absolute Gasteiger partial charge is 0.211 e. The molecule has 0 aromatic heterocycles. The molecule has 0 amide bonds. The summed E-state index contributed by atoms with van der Waals surface area (Å²) in [7, 11) is 1.68.